The smallest absolute Gasteiger partial charge is 0.321 e. The number of carbonyl (C=O) groups excluding carboxylic acids is 1. The number of carboxylic acids is 1. The van der Waals surface area contributed by atoms with Crippen LogP contribution in [0.2, 0.25) is 0 Å². The summed E-state index contributed by atoms with van der Waals surface area (Å²) in [6, 6.07) is 9.58. The molecular weight excluding hydrogens is 290 g/mol. The summed E-state index contributed by atoms with van der Waals surface area (Å²) in [5.41, 5.74) is 1.14. The van der Waals surface area contributed by atoms with Gasteiger partial charge in [0, 0.05) is 24.9 Å². The fourth-order valence-corrected chi connectivity index (χ4v) is 4.38. The van der Waals surface area contributed by atoms with E-state index in [-0.39, 0.29) is 17.8 Å². The summed E-state index contributed by atoms with van der Waals surface area (Å²) in [5.74, 6) is -0.500. The Hall–Kier alpha value is -1.68. The van der Waals surface area contributed by atoms with Crippen LogP contribution < -0.4 is 0 Å². The fraction of sp³-hybridized carbons (Fsp3) is 0.579. The number of rotatable bonds is 5. The molecule has 3 rings (SSSR count). The van der Waals surface area contributed by atoms with E-state index in [0.29, 0.717) is 13.1 Å². The second-order valence-electron chi connectivity index (χ2n) is 6.95. The average Bonchev–Trinajstić information content (AvgIpc) is 3.00. The van der Waals surface area contributed by atoms with Crippen LogP contribution in [-0.4, -0.2) is 41.4 Å². The molecule has 0 aromatic heterocycles. The number of aldehydes is 1. The van der Waals surface area contributed by atoms with Crippen molar-refractivity contribution in [3.05, 3.63) is 35.9 Å². The molecule has 1 aromatic carbocycles. The molecule has 4 nitrogen and oxygen atoms in total. The first kappa shape index (κ1) is 16.2. The van der Waals surface area contributed by atoms with E-state index in [0.717, 1.165) is 37.5 Å². The summed E-state index contributed by atoms with van der Waals surface area (Å²) < 4.78 is 0. The molecule has 1 saturated heterocycles. The molecule has 3 atom stereocenters. The highest BCUT2D eigenvalue weighted by Gasteiger charge is 2.42. The molecule has 2 aliphatic rings. The summed E-state index contributed by atoms with van der Waals surface area (Å²) in [4.78, 5) is 25.5. The van der Waals surface area contributed by atoms with Crippen molar-refractivity contribution in [1.29, 1.82) is 0 Å². The maximum absolute atomic E-state index is 11.9. The predicted octanol–water partition coefficient (Wildman–Crippen LogP) is 2.93. The monoisotopic (exact) mass is 315 g/mol. The van der Waals surface area contributed by atoms with Crippen LogP contribution in [0.3, 0.4) is 0 Å². The first-order chi connectivity index (χ1) is 11.2. The van der Waals surface area contributed by atoms with Crippen molar-refractivity contribution in [2.75, 3.05) is 13.1 Å². The zero-order valence-corrected chi connectivity index (χ0v) is 13.4. The maximum atomic E-state index is 11.9. The van der Waals surface area contributed by atoms with Gasteiger partial charge in [0.05, 0.1) is 0 Å². The third-order valence-electron chi connectivity index (χ3n) is 5.54. The van der Waals surface area contributed by atoms with Gasteiger partial charge in [0.15, 0.2) is 0 Å². The van der Waals surface area contributed by atoms with E-state index in [4.69, 9.17) is 0 Å². The molecular formula is C19H25NO3. The predicted molar refractivity (Wildman–Crippen MR) is 88.3 cm³/mol. The van der Waals surface area contributed by atoms with E-state index in [1.165, 1.54) is 6.42 Å². The number of benzene rings is 1. The number of likely N-dealkylation sites (tertiary alicyclic amines) is 1. The topological polar surface area (TPSA) is 57.6 Å². The summed E-state index contributed by atoms with van der Waals surface area (Å²) in [5, 5.41) is 9.77. The van der Waals surface area contributed by atoms with Gasteiger partial charge in [-0.05, 0) is 24.3 Å². The Bertz CT molecular complexity index is 539. The molecule has 0 unspecified atom stereocenters. The average molecular weight is 315 g/mol. The highest BCUT2D eigenvalue weighted by Crippen LogP contribution is 2.36. The first-order valence-corrected chi connectivity index (χ1v) is 8.68. The summed E-state index contributed by atoms with van der Waals surface area (Å²) in [6.45, 7) is 1.23. The van der Waals surface area contributed by atoms with E-state index < -0.39 is 12.0 Å². The van der Waals surface area contributed by atoms with Crippen molar-refractivity contribution in [1.82, 2.24) is 4.90 Å². The molecule has 0 bridgehead atoms. The van der Waals surface area contributed by atoms with E-state index in [9.17, 15) is 14.7 Å². The lowest BCUT2D eigenvalue weighted by Crippen LogP contribution is -2.46. The quantitative estimate of drug-likeness (QED) is 0.849. The largest absolute Gasteiger partial charge is 0.480 e. The van der Waals surface area contributed by atoms with Crippen molar-refractivity contribution in [2.24, 2.45) is 11.8 Å². The lowest BCUT2D eigenvalue weighted by Gasteiger charge is -2.33. The molecule has 0 amide bonds. The number of hydrogen-bond donors (Lipinski definition) is 1. The van der Waals surface area contributed by atoms with Gasteiger partial charge in [0.2, 0.25) is 0 Å². The maximum Gasteiger partial charge on any atom is 0.321 e. The lowest BCUT2D eigenvalue weighted by molar-refractivity contribution is -0.145. The van der Waals surface area contributed by atoms with E-state index in [1.807, 2.05) is 30.3 Å². The van der Waals surface area contributed by atoms with E-state index in [1.54, 1.807) is 0 Å². The SMILES string of the molecule is O=C[C@H]1CN([C@@H](C(=O)O)C2CCCCC2)C[C@@H]1c1ccccc1. The van der Waals surface area contributed by atoms with Gasteiger partial charge in [0.25, 0.3) is 0 Å². The van der Waals surface area contributed by atoms with Gasteiger partial charge in [-0.25, -0.2) is 0 Å². The second kappa shape index (κ2) is 7.26. The fourth-order valence-electron chi connectivity index (χ4n) is 4.38. The number of nitrogens with zero attached hydrogens (tertiary/aromatic N) is 1. The Balaban J connectivity index is 1.79. The summed E-state index contributed by atoms with van der Waals surface area (Å²) in [6.07, 6.45) is 6.47. The number of carboxylic acid groups (broad SMARTS) is 1. The minimum absolute atomic E-state index is 0.108. The van der Waals surface area contributed by atoms with Crippen molar-refractivity contribution in [3.63, 3.8) is 0 Å². The molecule has 2 fully saturated rings. The Kier molecular flexibility index (Phi) is 5.11. The molecule has 1 heterocycles. The van der Waals surface area contributed by atoms with Crippen molar-refractivity contribution in [3.8, 4) is 0 Å². The Labute approximate surface area is 137 Å². The zero-order valence-electron chi connectivity index (χ0n) is 13.4. The second-order valence-corrected chi connectivity index (χ2v) is 6.95. The van der Waals surface area contributed by atoms with Gasteiger partial charge in [-0.15, -0.1) is 0 Å². The highest BCUT2D eigenvalue weighted by molar-refractivity contribution is 5.74. The van der Waals surface area contributed by atoms with Crippen LogP contribution in [0.5, 0.6) is 0 Å². The molecule has 1 N–H and O–H groups in total. The van der Waals surface area contributed by atoms with Crippen LogP contribution >= 0.6 is 0 Å². The molecule has 0 radical (unpaired) electrons. The zero-order chi connectivity index (χ0) is 16.2. The molecule has 1 saturated carbocycles. The molecule has 1 aliphatic carbocycles. The summed E-state index contributed by atoms with van der Waals surface area (Å²) >= 11 is 0. The van der Waals surface area contributed by atoms with Crippen molar-refractivity contribution < 1.29 is 14.7 Å². The minimum atomic E-state index is -0.727. The van der Waals surface area contributed by atoms with Crippen molar-refractivity contribution in [2.45, 2.75) is 44.1 Å². The lowest BCUT2D eigenvalue weighted by atomic mass is 9.83. The molecule has 1 aliphatic heterocycles. The molecule has 124 valence electrons. The Morgan fingerprint density at radius 2 is 1.83 bits per heavy atom. The normalized spacial score (nSPS) is 27.7. The third kappa shape index (κ3) is 3.47. The van der Waals surface area contributed by atoms with Gasteiger partial charge in [-0.1, -0.05) is 49.6 Å². The van der Waals surface area contributed by atoms with Crippen LogP contribution in [0, 0.1) is 11.8 Å². The Morgan fingerprint density at radius 3 is 2.43 bits per heavy atom. The van der Waals surface area contributed by atoms with Gasteiger partial charge in [0.1, 0.15) is 12.3 Å². The number of hydrogen-bond acceptors (Lipinski definition) is 3. The van der Waals surface area contributed by atoms with Crippen LogP contribution in [0.4, 0.5) is 0 Å². The van der Waals surface area contributed by atoms with Gasteiger partial charge < -0.3 is 9.90 Å². The van der Waals surface area contributed by atoms with Crippen LogP contribution in [-0.2, 0) is 9.59 Å². The summed E-state index contributed by atoms with van der Waals surface area (Å²) in [7, 11) is 0. The minimum Gasteiger partial charge on any atom is -0.480 e. The number of carbonyl (C=O) groups is 2. The van der Waals surface area contributed by atoms with Crippen molar-refractivity contribution >= 4 is 12.3 Å². The van der Waals surface area contributed by atoms with E-state index >= 15 is 0 Å². The molecule has 4 heteroatoms. The van der Waals surface area contributed by atoms with Crippen LogP contribution in [0.1, 0.15) is 43.6 Å². The van der Waals surface area contributed by atoms with Gasteiger partial charge >= 0.3 is 5.97 Å². The third-order valence-corrected chi connectivity index (χ3v) is 5.54. The van der Waals surface area contributed by atoms with E-state index in [2.05, 4.69) is 4.90 Å². The first-order valence-electron chi connectivity index (χ1n) is 8.68. The highest BCUT2D eigenvalue weighted by atomic mass is 16.4. The molecule has 23 heavy (non-hydrogen) atoms. The molecule has 0 spiro atoms. The Morgan fingerprint density at radius 1 is 1.13 bits per heavy atom. The van der Waals surface area contributed by atoms with Gasteiger partial charge in [-0.2, -0.15) is 0 Å². The van der Waals surface area contributed by atoms with Crippen LogP contribution in [0.25, 0.3) is 0 Å². The van der Waals surface area contributed by atoms with Gasteiger partial charge in [-0.3, -0.25) is 9.69 Å². The van der Waals surface area contributed by atoms with Crippen LogP contribution in [0.15, 0.2) is 30.3 Å². The molecule has 1 aromatic rings. The standard InChI is InChI=1S/C19H25NO3/c21-13-16-11-20(12-17(16)14-7-3-1-4-8-14)18(19(22)23)15-9-5-2-6-10-15/h1,3-4,7-8,13,15-18H,2,5-6,9-12H2,(H,22,23)/t16-,17-,18-/m1/s1. The number of aliphatic carboxylic acids is 1.